The van der Waals surface area contributed by atoms with E-state index in [1.165, 1.54) is 91.1 Å². The standard InChI is InChI=1S/C14H20N2O2.C8H7BrO2.2C6H14N2.2C4H10N2.C3H8.2CH3BO.2CH4/c1-2-15-7-9-16(10-8-15)11-12-3-5-13(6-4-12)14(17)18;9-5-6-1-3-7(4-2-6)8(10)11;2*1-2-8-5-3-7-4-6-8;2*1-2-6-4-3-5-1;1-3-2;2*1-2-3;;/h3-6H,2,7-11H2,1H3,(H,17,18);1-4H,5H2,(H,10,11);2*7H,2-6H2,1H3;2*5-6H,1-4H2;3H2,1-2H3;2*1H3;2*1H4. The van der Waals surface area contributed by atoms with Gasteiger partial charge in [-0.1, -0.05) is 96.1 Å². The molecular formula is C49H97B2BrN10O6. The van der Waals surface area contributed by atoms with Crippen molar-refractivity contribution in [2.75, 3.05) is 151 Å². The van der Waals surface area contributed by atoms with Gasteiger partial charge in [-0.3, -0.25) is 4.90 Å². The van der Waals surface area contributed by atoms with Gasteiger partial charge in [0.15, 0.2) is 0 Å². The molecule has 0 aromatic heterocycles. The summed E-state index contributed by atoms with van der Waals surface area (Å²) in [7, 11) is 1.50. The van der Waals surface area contributed by atoms with E-state index in [1.54, 1.807) is 36.4 Å². The van der Waals surface area contributed by atoms with Gasteiger partial charge in [0.25, 0.3) is 0 Å². The molecule has 5 aliphatic heterocycles. The predicted octanol–water partition coefficient (Wildman–Crippen LogP) is 4.84. The first-order valence-corrected chi connectivity index (χ1v) is 25.3. The zero-order valence-corrected chi connectivity index (χ0v) is 43.4. The number of nitrogens with zero attached hydrogens (tertiary/aromatic N) is 4. The third-order valence-electron chi connectivity index (χ3n) is 10.1. The van der Waals surface area contributed by atoms with Gasteiger partial charge in [-0.25, -0.2) is 9.59 Å². The number of hydrogen-bond acceptors (Lipinski definition) is 14. The number of rotatable bonds is 8. The Labute approximate surface area is 423 Å². The number of carbonyl (C=O) groups is 2. The Bertz CT molecular complexity index is 1340. The molecule has 19 heteroatoms. The number of benzene rings is 2. The van der Waals surface area contributed by atoms with Gasteiger partial charge in [-0.15, -0.1) is 0 Å². The van der Waals surface area contributed by atoms with Gasteiger partial charge in [0.2, 0.25) is 0 Å². The molecule has 2 aromatic carbocycles. The van der Waals surface area contributed by atoms with E-state index < -0.39 is 11.9 Å². The zero-order chi connectivity index (χ0) is 49.5. The van der Waals surface area contributed by atoms with Crippen LogP contribution in [0.25, 0.3) is 0 Å². The van der Waals surface area contributed by atoms with Gasteiger partial charge < -0.3 is 56.8 Å². The smallest absolute Gasteiger partial charge is 0.335 e. The molecule has 16 nitrogen and oxygen atoms in total. The van der Waals surface area contributed by atoms with Crippen molar-refractivity contribution in [2.24, 2.45) is 0 Å². The van der Waals surface area contributed by atoms with E-state index in [9.17, 15) is 9.59 Å². The summed E-state index contributed by atoms with van der Waals surface area (Å²) in [6, 6.07) is 14.0. The van der Waals surface area contributed by atoms with Gasteiger partial charge in [0.1, 0.15) is 0 Å². The Morgan fingerprint density at radius 2 is 0.706 bits per heavy atom. The minimum Gasteiger partial charge on any atom is -0.478 e. The van der Waals surface area contributed by atoms with Crippen molar-refractivity contribution < 1.29 is 29.2 Å². The number of aromatic carboxylic acids is 2. The molecule has 2 aromatic rings. The summed E-state index contributed by atoms with van der Waals surface area (Å²) >= 11 is 3.27. The van der Waals surface area contributed by atoms with Gasteiger partial charge >= 0.3 is 49.3 Å². The molecule has 392 valence electrons. The maximum absolute atomic E-state index is 10.8. The molecule has 5 heterocycles. The third kappa shape index (κ3) is 43.2. The van der Waals surface area contributed by atoms with Crippen molar-refractivity contribution in [1.29, 1.82) is 0 Å². The average Bonchev–Trinajstić information content (AvgIpc) is 3.37. The number of halogens is 1. The van der Waals surface area contributed by atoms with Crippen LogP contribution in [0.4, 0.5) is 0 Å². The van der Waals surface area contributed by atoms with Gasteiger partial charge in [0.05, 0.1) is 11.1 Å². The van der Waals surface area contributed by atoms with Crippen molar-refractivity contribution in [2.45, 2.75) is 81.4 Å². The molecule has 68 heavy (non-hydrogen) atoms. The van der Waals surface area contributed by atoms with Gasteiger partial charge in [-0.2, -0.15) is 0 Å². The first-order chi connectivity index (χ1) is 32.0. The van der Waals surface area contributed by atoms with E-state index in [-0.39, 0.29) is 14.9 Å². The molecule has 0 bridgehead atoms. The van der Waals surface area contributed by atoms with Crippen LogP contribution in [0.5, 0.6) is 0 Å². The Hall–Kier alpha value is -2.81. The van der Waals surface area contributed by atoms with Crippen LogP contribution in [-0.2, 0) is 21.3 Å². The fourth-order valence-electron chi connectivity index (χ4n) is 6.27. The molecule has 5 saturated heterocycles. The van der Waals surface area contributed by atoms with Crippen LogP contribution in [0, 0.1) is 0 Å². The van der Waals surface area contributed by atoms with E-state index in [2.05, 4.69) is 102 Å². The number of carboxylic acids is 2. The summed E-state index contributed by atoms with van der Waals surface area (Å²) in [5.74, 6) is -1.75. The van der Waals surface area contributed by atoms with Crippen LogP contribution < -0.4 is 31.9 Å². The largest absolute Gasteiger partial charge is 0.478 e. The van der Waals surface area contributed by atoms with Crippen molar-refractivity contribution in [3.05, 3.63) is 70.8 Å². The maximum Gasteiger partial charge on any atom is 0.335 e. The van der Waals surface area contributed by atoms with Crippen molar-refractivity contribution in [3.63, 3.8) is 0 Å². The van der Waals surface area contributed by atoms with Crippen molar-refractivity contribution >= 4 is 42.2 Å². The van der Waals surface area contributed by atoms with E-state index >= 15 is 0 Å². The normalized spacial score (nSPS) is 16.6. The molecule has 5 fully saturated rings. The SMILES string of the molecule is C.C.C1CNCCN1.C1CNCCN1.CB=O.CB=O.CCC.CCN1CCN(Cc2ccc(C(=O)O)cc2)CC1.CCN1CCNCC1.CCN1CCNCC1.O=C(O)c1ccc(CBr)cc1. The van der Waals surface area contributed by atoms with Crippen LogP contribution >= 0.6 is 15.9 Å². The van der Waals surface area contributed by atoms with Crippen LogP contribution in [0.3, 0.4) is 0 Å². The predicted molar refractivity (Wildman–Crippen MR) is 292 cm³/mol. The molecule has 0 amide bonds. The monoisotopic (exact) mass is 1020 g/mol. The van der Waals surface area contributed by atoms with Crippen LogP contribution in [-0.4, -0.2) is 207 Å². The summed E-state index contributed by atoms with van der Waals surface area (Å²) in [5, 5.41) is 37.6. The Morgan fingerprint density at radius 3 is 0.926 bits per heavy atom. The number of piperazine rings is 5. The summed E-state index contributed by atoms with van der Waals surface area (Å²) in [6.45, 7) is 41.4. The Kier molecular flexibility index (Phi) is 56.5. The summed E-state index contributed by atoms with van der Waals surface area (Å²) in [5.41, 5.74) is 2.95. The van der Waals surface area contributed by atoms with Crippen molar-refractivity contribution in [1.82, 2.24) is 51.5 Å². The molecule has 0 spiro atoms. The summed E-state index contributed by atoms with van der Waals surface area (Å²) in [6.07, 6.45) is 1.25. The number of carboxylic acid groups (broad SMARTS) is 2. The van der Waals surface area contributed by atoms with Crippen molar-refractivity contribution in [3.8, 4) is 0 Å². The fourth-order valence-corrected chi connectivity index (χ4v) is 6.65. The summed E-state index contributed by atoms with van der Waals surface area (Å²) < 4.78 is 17.6. The van der Waals surface area contributed by atoms with Gasteiger partial charge in [0, 0.05) is 143 Å². The number of nitrogens with one attached hydrogen (secondary N) is 6. The average molecular weight is 1020 g/mol. The van der Waals surface area contributed by atoms with E-state index in [0.29, 0.717) is 11.1 Å². The molecule has 0 unspecified atom stereocenters. The van der Waals surface area contributed by atoms with E-state index in [0.717, 1.165) is 117 Å². The van der Waals surface area contributed by atoms with Crippen LogP contribution in [0.2, 0.25) is 13.6 Å². The Balaban J connectivity index is -0.000000360. The van der Waals surface area contributed by atoms with Gasteiger partial charge in [-0.05, 0) is 55.0 Å². The molecule has 0 atom stereocenters. The van der Waals surface area contributed by atoms with Crippen LogP contribution in [0.15, 0.2) is 48.5 Å². The molecule has 0 saturated carbocycles. The quantitative estimate of drug-likeness (QED) is 0.132. The first kappa shape index (κ1) is 71.7. The molecule has 7 rings (SSSR count). The third-order valence-corrected chi connectivity index (χ3v) is 10.7. The second-order valence-electron chi connectivity index (χ2n) is 15.4. The Morgan fingerprint density at radius 1 is 0.471 bits per heavy atom. The first-order valence-electron chi connectivity index (χ1n) is 24.2. The molecule has 8 N–H and O–H groups in total. The minimum atomic E-state index is -0.883. The minimum absolute atomic E-state index is 0. The number of likely N-dealkylation sites (N-methyl/N-ethyl adjacent to an activating group) is 3. The second-order valence-corrected chi connectivity index (χ2v) is 16.0. The molecular weight excluding hydrogens is 926 g/mol. The topological polar surface area (TPSA) is 194 Å². The van der Waals surface area contributed by atoms with E-state index in [4.69, 9.17) is 19.6 Å². The zero-order valence-electron chi connectivity index (χ0n) is 41.9. The maximum atomic E-state index is 10.8. The fraction of sp³-hybridized carbons (Fsp3) is 0.714. The summed E-state index contributed by atoms with van der Waals surface area (Å²) in [4.78, 5) is 30.9. The molecule has 0 aliphatic carbocycles. The number of alkyl halides is 1. The second kappa shape index (κ2) is 53.5. The molecule has 0 radical (unpaired) electrons. The molecule has 5 aliphatic rings. The van der Waals surface area contributed by atoms with E-state index in [1.807, 2.05) is 12.1 Å². The number of hydrogen-bond donors (Lipinski definition) is 8. The van der Waals surface area contributed by atoms with Crippen LogP contribution in [0.1, 0.15) is 87.7 Å².